The molecule has 1 aromatic heterocycles. The summed E-state index contributed by atoms with van der Waals surface area (Å²) in [5, 5.41) is 3.14. The number of hydrogen-bond acceptors (Lipinski definition) is 3. The van der Waals surface area contributed by atoms with Gasteiger partial charge in [0.05, 0.1) is 5.01 Å². The molecule has 5 heteroatoms. The number of benzene rings is 1. The Hall–Kier alpha value is -1.75. The summed E-state index contributed by atoms with van der Waals surface area (Å²) < 4.78 is 13.2. The first-order valence-corrected chi connectivity index (χ1v) is 7.56. The molecule has 104 valence electrons. The SMILES string of the molecule is O=C(c1cccc(F)c1)N1CCC(c2nccs2)CC1. The van der Waals surface area contributed by atoms with Gasteiger partial charge < -0.3 is 4.90 Å². The van der Waals surface area contributed by atoms with Crippen LogP contribution in [-0.4, -0.2) is 28.9 Å². The summed E-state index contributed by atoms with van der Waals surface area (Å²) in [6.07, 6.45) is 3.67. The second kappa shape index (κ2) is 5.71. The molecular formula is C15H15FN2OS. The summed E-state index contributed by atoms with van der Waals surface area (Å²) >= 11 is 1.67. The zero-order valence-electron chi connectivity index (χ0n) is 11.0. The maximum atomic E-state index is 13.2. The minimum atomic E-state index is -0.367. The van der Waals surface area contributed by atoms with E-state index in [0.29, 0.717) is 24.6 Å². The molecule has 20 heavy (non-hydrogen) atoms. The number of carbonyl (C=O) groups excluding carboxylic acids is 1. The number of halogens is 1. The van der Waals surface area contributed by atoms with Crippen LogP contribution in [0.25, 0.3) is 0 Å². The molecule has 0 N–H and O–H groups in total. The van der Waals surface area contributed by atoms with Crippen molar-refractivity contribution >= 4 is 17.2 Å². The van der Waals surface area contributed by atoms with E-state index in [-0.39, 0.29) is 11.7 Å². The molecule has 1 fully saturated rings. The number of nitrogens with zero attached hydrogens (tertiary/aromatic N) is 2. The molecule has 0 radical (unpaired) electrons. The average molecular weight is 290 g/mol. The van der Waals surface area contributed by atoms with Crippen LogP contribution in [0.5, 0.6) is 0 Å². The smallest absolute Gasteiger partial charge is 0.253 e. The van der Waals surface area contributed by atoms with Crippen molar-refractivity contribution in [2.24, 2.45) is 0 Å². The topological polar surface area (TPSA) is 33.2 Å². The summed E-state index contributed by atoms with van der Waals surface area (Å²) in [7, 11) is 0. The van der Waals surface area contributed by atoms with Crippen LogP contribution in [0.2, 0.25) is 0 Å². The van der Waals surface area contributed by atoms with E-state index in [0.717, 1.165) is 17.8 Å². The molecule has 0 unspecified atom stereocenters. The summed E-state index contributed by atoms with van der Waals surface area (Å²) in [6, 6.07) is 5.89. The highest BCUT2D eigenvalue weighted by Crippen LogP contribution is 2.29. The van der Waals surface area contributed by atoms with Crippen LogP contribution in [-0.2, 0) is 0 Å². The Balaban J connectivity index is 1.65. The Bertz CT molecular complexity index is 592. The van der Waals surface area contributed by atoms with E-state index in [9.17, 15) is 9.18 Å². The minimum Gasteiger partial charge on any atom is -0.339 e. The number of carbonyl (C=O) groups is 1. The van der Waals surface area contributed by atoms with Gasteiger partial charge in [-0.3, -0.25) is 4.79 Å². The molecule has 1 aliphatic rings. The highest BCUT2D eigenvalue weighted by atomic mass is 32.1. The van der Waals surface area contributed by atoms with Crippen LogP contribution >= 0.6 is 11.3 Å². The fourth-order valence-corrected chi connectivity index (χ4v) is 3.38. The van der Waals surface area contributed by atoms with Gasteiger partial charge in [-0.15, -0.1) is 11.3 Å². The van der Waals surface area contributed by atoms with Gasteiger partial charge >= 0.3 is 0 Å². The Morgan fingerprint density at radius 1 is 1.35 bits per heavy atom. The summed E-state index contributed by atoms with van der Waals surface area (Å²) in [6.45, 7) is 1.42. The first-order valence-electron chi connectivity index (χ1n) is 6.68. The van der Waals surface area contributed by atoms with E-state index in [1.807, 2.05) is 11.6 Å². The standard InChI is InChI=1S/C15H15FN2OS/c16-13-3-1-2-12(10-13)15(19)18-7-4-11(5-8-18)14-17-6-9-20-14/h1-3,6,9-11H,4-5,7-8H2. The van der Waals surface area contributed by atoms with Gasteiger partial charge in [-0.05, 0) is 31.0 Å². The molecule has 1 saturated heterocycles. The number of aromatic nitrogens is 1. The number of rotatable bonds is 2. The molecule has 2 heterocycles. The van der Waals surface area contributed by atoms with Crippen LogP contribution in [0.3, 0.4) is 0 Å². The fourth-order valence-electron chi connectivity index (χ4n) is 2.57. The zero-order valence-corrected chi connectivity index (χ0v) is 11.8. The predicted molar refractivity (Wildman–Crippen MR) is 76.4 cm³/mol. The van der Waals surface area contributed by atoms with Gasteiger partial charge in [-0.1, -0.05) is 6.07 Å². The maximum Gasteiger partial charge on any atom is 0.253 e. The molecule has 0 spiro atoms. The predicted octanol–water partition coefficient (Wildman–Crippen LogP) is 3.30. The van der Waals surface area contributed by atoms with Crippen molar-refractivity contribution in [3.05, 3.63) is 52.2 Å². The molecule has 0 bridgehead atoms. The Labute approximate surface area is 121 Å². The number of thiazole rings is 1. The van der Waals surface area contributed by atoms with E-state index in [2.05, 4.69) is 4.98 Å². The van der Waals surface area contributed by atoms with Crippen molar-refractivity contribution in [2.75, 3.05) is 13.1 Å². The molecule has 3 nitrogen and oxygen atoms in total. The van der Waals surface area contributed by atoms with Crippen LogP contribution in [0.1, 0.15) is 34.1 Å². The monoisotopic (exact) mass is 290 g/mol. The number of amides is 1. The van der Waals surface area contributed by atoms with Gasteiger partial charge in [0.15, 0.2) is 0 Å². The normalized spacial score (nSPS) is 16.4. The Morgan fingerprint density at radius 3 is 2.80 bits per heavy atom. The lowest BCUT2D eigenvalue weighted by Crippen LogP contribution is -2.37. The summed E-state index contributed by atoms with van der Waals surface area (Å²) in [4.78, 5) is 18.4. The van der Waals surface area contributed by atoms with Gasteiger partial charge in [0.1, 0.15) is 5.82 Å². The largest absolute Gasteiger partial charge is 0.339 e. The maximum absolute atomic E-state index is 13.2. The van der Waals surface area contributed by atoms with Crippen molar-refractivity contribution in [2.45, 2.75) is 18.8 Å². The number of likely N-dealkylation sites (tertiary alicyclic amines) is 1. The van der Waals surface area contributed by atoms with Crippen molar-refractivity contribution in [3.63, 3.8) is 0 Å². The van der Waals surface area contributed by atoms with Gasteiger partial charge in [-0.25, -0.2) is 9.37 Å². The molecular weight excluding hydrogens is 275 g/mol. The van der Waals surface area contributed by atoms with Crippen molar-refractivity contribution in [1.29, 1.82) is 0 Å². The number of hydrogen-bond donors (Lipinski definition) is 0. The van der Waals surface area contributed by atoms with E-state index in [1.165, 1.54) is 12.1 Å². The van der Waals surface area contributed by atoms with Gasteiger partial charge in [0.25, 0.3) is 5.91 Å². The third-order valence-corrected chi connectivity index (χ3v) is 4.59. The minimum absolute atomic E-state index is 0.0814. The molecule has 0 atom stereocenters. The van der Waals surface area contributed by atoms with Gasteiger partial charge in [0, 0.05) is 36.1 Å². The van der Waals surface area contributed by atoms with E-state index in [4.69, 9.17) is 0 Å². The first-order chi connectivity index (χ1) is 9.74. The Kier molecular flexibility index (Phi) is 3.78. The van der Waals surface area contributed by atoms with Crippen molar-refractivity contribution in [1.82, 2.24) is 9.88 Å². The lowest BCUT2D eigenvalue weighted by Gasteiger charge is -2.31. The van der Waals surface area contributed by atoms with E-state index >= 15 is 0 Å². The third-order valence-electron chi connectivity index (χ3n) is 3.65. The quantitative estimate of drug-likeness (QED) is 0.850. The number of piperidine rings is 1. The summed E-state index contributed by atoms with van der Waals surface area (Å²) in [5.74, 6) is 0.00201. The molecule has 0 aliphatic carbocycles. The molecule has 0 saturated carbocycles. The highest BCUT2D eigenvalue weighted by molar-refractivity contribution is 7.09. The fraction of sp³-hybridized carbons (Fsp3) is 0.333. The molecule has 2 aromatic rings. The molecule has 1 aliphatic heterocycles. The van der Waals surface area contributed by atoms with E-state index < -0.39 is 0 Å². The van der Waals surface area contributed by atoms with Crippen LogP contribution in [0, 0.1) is 5.82 Å². The molecule has 3 rings (SSSR count). The van der Waals surface area contributed by atoms with Gasteiger partial charge in [-0.2, -0.15) is 0 Å². The Morgan fingerprint density at radius 2 is 2.15 bits per heavy atom. The van der Waals surface area contributed by atoms with Crippen molar-refractivity contribution in [3.8, 4) is 0 Å². The zero-order chi connectivity index (χ0) is 13.9. The average Bonchev–Trinajstić information content (AvgIpc) is 3.01. The molecule has 1 aromatic carbocycles. The van der Waals surface area contributed by atoms with Gasteiger partial charge in [0.2, 0.25) is 0 Å². The van der Waals surface area contributed by atoms with E-state index in [1.54, 1.807) is 28.4 Å². The second-order valence-electron chi connectivity index (χ2n) is 4.95. The van der Waals surface area contributed by atoms with Crippen LogP contribution in [0.4, 0.5) is 4.39 Å². The van der Waals surface area contributed by atoms with Crippen LogP contribution in [0.15, 0.2) is 35.8 Å². The lowest BCUT2D eigenvalue weighted by molar-refractivity contribution is 0.0712. The first kappa shape index (κ1) is 13.2. The second-order valence-corrected chi connectivity index (χ2v) is 5.87. The third kappa shape index (κ3) is 2.72. The van der Waals surface area contributed by atoms with Crippen molar-refractivity contribution < 1.29 is 9.18 Å². The lowest BCUT2D eigenvalue weighted by atomic mass is 9.97. The molecule has 1 amide bonds. The van der Waals surface area contributed by atoms with Crippen LogP contribution < -0.4 is 0 Å². The summed E-state index contributed by atoms with van der Waals surface area (Å²) in [5.41, 5.74) is 0.428. The highest BCUT2D eigenvalue weighted by Gasteiger charge is 2.25.